The van der Waals surface area contributed by atoms with E-state index in [1.807, 2.05) is 55.1 Å². The molecule has 1 N–H and O–H groups in total. The second-order valence-corrected chi connectivity index (χ2v) is 7.97. The third-order valence-electron chi connectivity index (χ3n) is 5.54. The van der Waals surface area contributed by atoms with Gasteiger partial charge in [0, 0.05) is 52.0 Å². The Morgan fingerprint density at radius 2 is 1.72 bits per heavy atom. The molecule has 0 bridgehead atoms. The Hall–Kier alpha value is -3.72. The second kappa shape index (κ2) is 8.43. The molecule has 0 atom stereocenters. The summed E-state index contributed by atoms with van der Waals surface area (Å²) in [4.78, 5) is 17.7. The molecule has 32 heavy (non-hydrogen) atoms. The fourth-order valence-electron chi connectivity index (χ4n) is 3.90. The number of fused-ring (bicyclic) bond motifs is 1. The van der Waals surface area contributed by atoms with Gasteiger partial charge in [0.25, 0.3) is 0 Å². The van der Waals surface area contributed by atoms with Gasteiger partial charge in [-0.05, 0) is 41.5 Å². The SMILES string of the molecule is CN(C)c1nn(C)c2ccc(-c3ccnc(Nc4ccnc(N5CCOCC5)n4)c3)cc12. The maximum absolute atomic E-state index is 5.42. The van der Waals surface area contributed by atoms with E-state index in [1.54, 1.807) is 6.20 Å². The lowest BCUT2D eigenvalue weighted by Crippen LogP contribution is -2.37. The highest BCUT2D eigenvalue weighted by Crippen LogP contribution is 2.30. The molecule has 164 valence electrons. The summed E-state index contributed by atoms with van der Waals surface area (Å²) < 4.78 is 7.33. The second-order valence-electron chi connectivity index (χ2n) is 7.97. The number of hydrogen-bond acceptors (Lipinski definition) is 8. The Labute approximate surface area is 186 Å². The minimum Gasteiger partial charge on any atom is -0.378 e. The average molecular weight is 431 g/mol. The van der Waals surface area contributed by atoms with Gasteiger partial charge in [0.1, 0.15) is 11.6 Å². The van der Waals surface area contributed by atoms with Crippen LogP contribution in [0.4, 0.5) is 23.4 Å². The van der Waals surface area contributed by atoms with Crippen LogP contribution < -0.4 is 15.1 Å². The highest BCUT2D eigenvalue weighted by molar-refractivity contribution is 5.94. The normalized spacial score (nSPS) is 14.0. The van der Waals surface area contributed by atoms with Crippen molar-refractivity contribution in [2.75, 3.05) is 55.5 Å². The molecule has 1 aromatic carbocycles. The van der Waals surface area contributed by atoms with Gasteiger partial charge in [-0.3, -0.25) is 4.68 Å². The van der Waals surface area contributed by atoms with Crippen molar-refractivity contribution in [1.82, 2.24) is 24.7 Å². The largest absolute Gasteiger partial charge is 0.378 e. The Balaban J connectivity index is 1.42. The molecule has 0 aliphatic carbocycles. The maximum Gasteiger partial charge on any atom is 0.227 e. The smallest absolute Gasteiger partial charge is 0.227 e. The van der Waals surface area contributed by atoms with E-state index in [-0.39, 0.29) is 0 Å². The minimum atomic E-state index is 0.696. The van der Waals surface area contributed by atoms with Crippen LogP contribution in [0.1, 0.15) is 0 Å². The van der Waals surface area contributed by atoms with Gasteiger partial charge in [0.15, 0.2) is 5.82 Å². The quantitative estimate of drug-likeness (QED) is 0.517. The Morgan fingerprint density at radius 1 is 0.938 bits per heavy atom. The van der Waals surface area contributed by atoms with Crippen LogP contribution in [0, 0.1) is 0 Å². The van der Waals surface area contributed by atoms with Crippen molar-refractivity contribution < 1.29 is 4.74 Å². The first-order chi connectivity index (χ1) is 15.6. The third kappa shape index (κ3) is 3.94. The van der Waals surface area contributed by atoms with Gasteiger partial charge in [-0.1, -0.05) is 6.07 Å². The number of pyridine rings is 1. The molecule has 3 aromatic heterocycles. The van der Waals surface area contributed by atoms with Crippen molar-refractivity contribution in [3.8, 4) is 11.1 Å². The summed E-state index contributed by atoms with van der Waals surface area (Å²) in [7, 11) is 5.99. The molecule has 1 aliphatic rings. The van der Waals surface area contributed by atoms with Gasteiger partial charge in [-0.25, -0.2) is 9.97 Å². The first kappa shape index (κ1) is 20.2. The van der Waals surface area contributed by atoms with Crippen LogP contribution in [0.15, 0.2) is 48.8 Å². The number of rotatable bonds is 5. The molecule has 0 saturated carbocycles. The van der Waals surface area contributed by atoms with Crippen LogP contribution in [0.25, 0.3) is 22.0 Å². The van der Waals surface area contributed by atoms with E-state index in [4.69, 9.17) is 4.74 Å². The van der Waals surface area contributed by atoms with Crippen LogP contribution >= 0.6 is 0 Å². The lowest BCUT2D eigenvalue weighted by atomic mass is 10.0. The summed E-state index contributed by atoms with van der Waals surface area (Å²) in [6.45, 7) is 2.98. The van der Waals surface area contributed by atoms with Crippen LogP contribution in [0.3, 0.4) is 0 Å². The van der Waals surface area contributed by atoms with Gasteiger partial charge in [0.05, 0.1) is 18.7 Å². The van der Waals surface area contributed by atoms with E-state index >= 15 is 0 Å². The molecule has 0 amide bonds. The van der Waals surface area contributed by atoms with E-state index in [0.717, 1.165) is 46.8 Å². The topological polar surface area (TPSA) is 84.2 Å². The van der Waals surface area contributed by atoms with Gasteiger partial charge >= 0.3 is 0 Å². The van der Waals surface area contributed by atoms with Crippen molar-refractivity contribution in [1.29, 1.82) is 0 Å². The molecule has 9 heteroatoms. The summed E-state index contributed by atoms with van der Waals surface area (Å²) in [5, 5.41) is 9.07. The number of nitrogens with zero attached hydrogens (tertiary/aromatic N) is 7. The molecule has 1 aliphatic heterocycles. The molecule has 4 aromatic rings. The number of aromatic nitrogens is 5. The van der Waals surface area contributed by atoms with Crippen LogP contribution in [0.5, 0.6) is 0 Å². The number of ether oxygens (including phenoxy) is 1. The van der Waals surface area contributed by atoms with E-state index in [0.29, 0.717) is 25.0 Å². The van der Waals surface area contributed by atoms with Gasteiger partial charge in [-0.2, -0.15) is 10.1 Å². The summed E-state index contributed by atoms with van der Waals surface area (Å²) in [6.07, 6.45) is 3.57. The van der Waals surface area contributed by atoms with Crippen LogP contribution in [0.2, 0.25) is 0 Å². The predicted molar refractivity (Wildman–Crippen MR) is 127 cm³/mol. The molecular weight excluding hydrogens is 404 g/mol. The minimum absolute atomic E-state index is 0.696. The predicted octanol–water partition coefficient (Wildman–Crippen LogP) is 3.07. The van der Waals surface area contributed by atoms with E-state index < -0.39 is 0 Å². The van der Waals surface area contributed by atoms with Crippen molar-refractivity contribution in [2.24, 2.45) is 7.05 Å². The van der Waals surface area contributed by atoms with Crippen LogP contribution in [-0.4, -0.2) is 65.1 Å². The Morgan fingerprint density at radius 3 is 2.53 bits per heavy atom. The third-order valence-corrected chi connectivity index (χ3v) is 5.54. The highest BCUT2D eigenvalue weighted by Gasteiger charge is 2.15. The molecule has 9 nitrogen and oxygen atoms in total. The molecule has 5 rings (SSSR count). The van der Waals surface area contributed by atoms with Crippen molar-refractivity contribution in [3.63, 3.8) is 0 Å². The van der Waals surface area contributed by atoms with Gasteiger partial charge in [0.2, 0.25) is 5.95 Å². The summed E-state index contributed by atoms with van der Waals surface area (Å²) in [5.74, 6) is 3.10. The van der Waals surface area contributed by atoms with Crippen molar-refractivity contribution in [3.05, 3.63) is 48.8 Å². The number of anilines is 4. The first-order valence-corrected chi connectivity index (χ1v) is 10.6. The number of aryl methyl sites for hydroxylation is 1. The molecule has 4 heterocycles. The molecule has 0 unspecified atom stereocenters. The lowest BCUT2D eigenvalue weighted by molar-refractivity contribution is 0.122. The summed E-state index contributed by atoms with van der Waals surface area (Å²) in [5.41, 5.74) is 3.28. The standard InChI is InChI=1S/C23H26N8O/c1-29(2)22-18-14-16(4-5-19(18)30(3)28-22)17-6-8-24-21(15-17)26-20-7-9-25-23(27-20)31-10-12-32-13-11-31/h4-9,14-15H,10-13H2,1-3H3,(H,24,25,26,27). The lowest BCUT2D eigenvalue weighted by Gasteiger charge is -2.26. The van der Waals surface area contributed by atoms with E-state index in [2.05, 4.69) is 48.5 Å². The first-order valence-electron chi connectivity index (χ1n) is 10.6. The maximum atomic E-state index is 5.42. The van der Waals surface area contributed by atoms with Gasteiger partial charge < -0.3 is 19.9 Å². The number of benzene rings is 1. The summed E-state index contributed by atoms with van der Waals surface area (Å²) in [6, 6.07) is 12.3. The Bertz CT molecular complexity index is 1250. The zero-order valence-electron chi connectivity index (χ0n) is 18.5. The van der Waals surface area contributed by atoms with E-state index in [9.17, 15) is 0 Å². The summed E-state index contributed by atoms with van der Waals surface area (Å²) >= 11 is 0. The molecular formula is C23H26N8O. The molecule has 1 saturated heterocycles. The van der Waals surface area contributed by atoms with Crippen molar-refractivity contribution in [2.45, 2.75) is 0 Å². The van der Waals surface area contributed by atoms with Crippen molar-refractivity contribution >= 4 is 34.3 Å². The fourth-order valence-corrected chi connectivity index (χ4v) is 3.90. The number of hydrogen-bond donors (Lipinski definition) is 1. The zero-order chi connectivity index (χ0) is 22.1. The zero-order valence-corrected chi connectivity index (χ0v) is 18.5. The molecule has 1 fully saturated rings. The Kier molecular flexibility index (Phi) is 5.32. The monoisotopic (exact) mass is 430 g/mol. The van der Waals surface area contributed by atoms with Crippen LogP contribution in [-0.2, 0) is 11.8 Å². The average Bonchev–Trinajstić information content (AvgIpc) is 3.16. The number of morpholine rings is 1. The number of nitrogens with one attached hydrogen (secondary N) is 1. The fraction of sp³-hybridized carbons (Fsp3) is 0.304. The molecule has 0 radical (unpaired) electrons. The highest BCUT2D eigenvalue weighted by atomic mass is 16.5. The molecule has 0 spiro atoms. The van der Waals surface area contributed by atoms with E-state index in [1.165, 1.54) is 0 Å². The van der Waals surface area contributed by atoms with Gasteiger partial charge in [-0.15, -0.1) is 0 Å².